The molecule has 21 heavy (non-hydrogen) atoms. The molecule has 0 atom stereocenters. The van der Waals surface area contributed by atoms with Gasteiger partial charge >= 0.3 is 0 Å². The lowest BCUT2D eigenvalue weighted by Crippen LogP contribution is -2.45. The summed E-state index contributed by atoms with van der Waals surface area (Å²) < 4.78 is 0. The number of anilines is 1. The molecule has 1 aliphatic rings. The van der Waals surface area contributed by atoms with Gasteiger partial charge in [0.05, 0.1) is 0 Å². The first-order chi connectivity index (χ1) is 10.1. The third-order valence-corrected chi connectivity index (χ3v) is 3.60. The van der Waals surface area contributed by atoms with Crippen LogP contribution in [0.2, 0.25) is 0 Å². The number of amides is 1. The first kappa shape index (κ1) is 15.7. The maximum Gasteiger partial charge on any atom is 0.225 e. The summed E-state index contributed by atoms with van der Waals surface area (Å²) in [6.07, 6.45) is 5.96. The van der Waals surface area contributed by atoms with Gasteiger partial charge < -0.3 is 15.5 Å². The van der Waals surface area contributed by atoms with Crippen LogP contribution in [0.4, 0.5) is 5.95 Å². The zero-order chi connectivity index (χ0) is 15.1. The second kappa shape index (κ2) is 7.93. The maximum absolute atomic E-state index is 11.9. The van der Waals surface area contributed by atoms with Gasteiger partial charge in [0.2, 0.25) is 11.9 Å². The minimum Gasteiger partial charge on any atom is -0.353 e. The molecule has 1 amide bonds. The average molecular weight is 291 g/mol. The quantitative estimate of drug-likeness (QED) is 0.816. The molecule has 1 fully saturated rings. The van der Waals surface area contributed by atoms with E-state index in [1.807, 2.05) is 6.07 Å². The molecule has 1 aliphatic heterocycles. The van der Waals surface area contributed by atoms with Gasteiger partial charge in [0, 0.05) is 50.5 Å². The van der Waals surface area contributed by atoms with Crippen LogP contribution < -0.4 is 15.5 Å². The number of nitrogens with one attached hydrogen (secondary N) is 2. The summed E-state index contributed by atoms with van der Waals surface area (Å²) in [5.74, 6) is 0.918. The van der Waals surface area contributed by atoms with E-state index >= 15 is 0 Å². The highest BCUT2D eigenvalue weighted by molar-refractivity contribution is 5.76. The Kier molecular flexibility index (Phi) is 5.92. The van der Waals surface area contributed by atoms with E-state index in [-0.39, 0.29) is 11.9 Å². The molecule has 1 aromatic rings. The Hall–Kier alpha value is -1.69. The van der Waals surface area contributed by atoms with Crippen molar-refractivity contribution < 1.29 is 4.79 Å². The fourth-order valence-corrected chi connectivity index (χ4v) is 2.45. The number of hydrogen-bond donors (Lipinski definition) is 2. The molecule has 2 heterocycles. The van der Waals surface area contributed by atoms with E-state index < -0.39 is 0 Å². The number of carbonyl (C=O) groups is 1. The van der Waals surface area contributed by atoms with Crippen molar-refractivity contribution in [3.8, 4) is 0 Å². The van der Waals surface area contributed by atoms with Crippen LogP contribution in [0.1, 0.15) is 33.1 Å². The van der Waals surface area contributed by atoms with Crippen LogP contribution in [0.25, 0.3) is 0 Å². The minimum atomic E-state index is 0.137. The van der Waals surface area contributed by atoms with Crippen molar-refractivity contribution in [2.24, 2.45) is 0 Å². The van der Waals surface area contributed by atoms with Gasteiger partial charge in [-0.05, 0) is 18.9 Å². The number of piperidine rings is 1. The highest BCUT2D eigenvalue weighted by Crippen LogP contribution is 2.15. The van der Waals surface area contributed by atoms with Gasteiger partial charge in [-0.2, -0.15) is 0 Å². The van der Waals surface area contributed by atoms with Crippen molar-refractivity contribution in [3.05, 3.63) is 18.5 Å². The van der Waals surface area contributed by atoms with Crippen LogP contribution in [0.3, 0.4) is 0 Å². The Bertz CT molecular complexity index is 429. The Labute approximate surface area is 126 Å². The van der Waals surface area contributed by atoms with Crippen LogP contribution in [0.5, 0.6) is 0 Å². The fourth-order valence-electron chi connectivity index (χ4n) is 2.45. The Morgan fingerprint density at radius 3 is 2.62 bits per heavy atom. The second-order valence-corrected chi connectivity index (χ2v) is 5.74. The van der Waals surface area contributed by atoms with E-state index in [0.717, 1.165) is 38.4 Å². The lowest BCUT2D eigenvalue weighted by molar-refractivity contribution is -0.121. The Morgan fingerprint density at radius 1 is 1.33 bits per heavy atom. The summed E-state index contributed by atoms with van der Waals surface area (Å²) >= 11 is 0. The summed E-state index contributed by atoms with van der Waals surface area (Å²) in [7, 11) is 0. The fraction of sp³-hybridized carbons (Fsp3) is 0.667. The topological polar surface area (TPSA) is 70.2 Å². The summed E-state index contributed by atoms with van der Waals surface area (Å²) in [5.41, 5.74) is 0. The van der Waals surface area contributed by atoms with Gasteiger partial charge in [0.25, 0.3) is 0 Å². The number of nitrogens with zero attached hydrogens (tertiary/aromatic N) is 3. The molecular weight excluding hydrogens is 266 g/mol. The Balaban J connectivity index is 1.68. The van der Waals surface area contributed by atoms with Crippen LogP contribution in [-0.2, 0) is 4.79 Å². The Morgan fingerprint density at radius 2 is 2.00 bits per heavy atom. The van der Waals surface area contributed by atoms with Crippen molar-refractivity contribution in [2.75, 3.05) is 24.5 Å². The monoisotopic (exact) mass is 291 g/mol. The third kappa shape index (κ3) is 5.30. The molecule has 0 radical (unpaired) electrons. The molecule has 0 unspecified atom stereocenters. The number of hydrogen-bond acceptors (Lipinski definition) is 5. The van der Waals surface area contributed by atoms with E-state index in [0.29, 0.717) is 12.5 Å². The smallest absolute Gasteiger partial charge is 0.225 e. The number of carbonyl (C=O) groups excluding carboxylic acids is 1. The minimum absolute atomic E-state index is 0.137. The predicted molar refractivity (Wildman–Crippen MR) is 83.2 cm³/mol. The van der Waals surface area contributed by atoms with Gasteiger partial charge in [0.1, 0.15) is 0 Å². The normalized spacial score (nSPS) is 16.2. The lowest BCUT2D eigenvalue weighted by atomic mass is 10.1. The number of rotatable bonds is 6. The van der Waals surface area contributed by atoms with Crippen molar-refractivity contribution in [2.45, 2.75) is 45.2 Å². The lowest BCUT2D eigenvalue weighted by Gasteiger charge is -2.32. The van der Waals surface area contributed by atoms with Crippen molar-refractivity contribution >= 4 is 11.9 Å². The highest BCUT2D eigenvalue weighted by atomic mass is 16.1. The highest BCUT2D eigenvalue weighted by Gasteiger charge is 2.21. The first-order valence-electron chi connectivity index (χ1n) is 7.70. The molecule has 0 spiro atoms. The first-order valence-corrected chi connectivity index (χ1v) is 7.70. The van der Waals surface area contributed by atoms with Crippen LogP contribution in [0.15, 0.2) is 18.5 Å². The van der Waals surface area contributed by atoms with E-state index in [1.165, 1.54) is 0 Å². The van der Waals surface area contributed by atoms with Gasteiger partial charge in [-0.15, -0.1) is 0 Å². The molecule has 6 heteroatoms. The zero-order valence-corrected chi connectivity index (χ0v) is 12.9. The van der Waals surface area contributed by atoms with E-state index in [9.17, 15) is 4.79 Å². The molecule has 0 saturated carbocycles. The summed E-state index contributed by atoms with van der Waals surface area (Å²) in [4.78, 5) is 22.6. The molecule has 1 aromatic heterocycles. The largest absolute Gasteiger partial charge is 0.353 e. The molecular formula is C15H25N5O. The van der Waals surface area contributed by atoms with Crippen LogP contribution in [-0.4, -0.2) is 47.6 Å². The molecule has 0 aromatic carbocycles. The van der Waals surface area contributed by atoms with Gasteiger partial charge in [0.15, 0.2) is 0 Å². The molecule has 0 bridgehead atoms. The molecule has 2 rings (SSSR count). The molecule has 2 N–H and O–H groups in total. The molecule has 1 saturated heterocycles. The molecule has 0 aliphatic carbocycles. The molecule has 116 valence electrons. The van der Waals surface area contributed by atoms with Crippen molar-refractivity contribution in [1.29, 1.82) is 0 Å². The van der Waals surface area contributed by atoms with E-state index in [1.54, 1.807) is 12.4 Å². The van der Waals surface area contributed by atoms with E-state index in [2.05, 4.69) is 39.3 Å². The van der Waals surface area contributed by atoms with Crippen molar-refractivity contribution in [1.82, 2.24) is 20.6 Å². The standard InChI is InChI=1S/C15H25N5O/c1-12(2)16-9-4-14(21)19-13-5-10-20(11-6-13)15-17-7-3-8-18-15/h3,7-8,12-13,16H,4-6,9-11H2,1-2H3,(H,19,21). The second-order valence-electron chi connectivity index (χ2n) is 5.74. The maximum atomic E-state index is 11.9. The summed E-state index contributed by atoms with van der Waals surface area (Å²) in [6, 6.07) is 2.52. The summed E-state index contributed by atoms with van der Waals surface area (Å²) in [6.45, 7) is 6.68. The van der Waals surface area contributed by atoms with Gasteiger partial charge in [-0.1, -0.05) is 13.8 Å². The SMILES string of the molecule is CC(C)NCCC(=O)NC1CCN(c2ncccn2)CC1. The van der Waals surface area contributed by atoms with E-state index in [4.69, 9.17) is 0 Å². The zero-order valence-electron chi connectivity index (χ0n) is 12.9. The average Bonchev–Trinajstić information content (AvgIpc) is 2.48. The summed E-state index contributed by atoms with van der Waals surface area (Å²) in [5, 5.41) is 6.37. The van der Waals surface area contributed by atoms with Crippen molar-refractivity contribution in [3.63, 3.8) is 0 Å². The molecule has 6 nitrogen and oxygen atoms in total. The van der Waals surface area contributed by atoms with Gasteiger partial charge in [-0.3, -0.25) is 4.79 Å². The third-order valence-electron chi connectivity index (χ3n) is 3.60. The predicted octanol–water partition coefficient (Wildman–Crippen LogP) is 0.950. The van der Waals surface area contributed by atoms with Gasteiger partial charge in [-0.25, -0.2) is 9.97 Å². The van der Waals surface area contributed by atoms with Crippen LogP contribution in [0, 0.1) is 0 Å². The number of aromatic nitrogens is 2. The van der Waals surface area contributed by atoms with Crippen LogP contribution >= 0.6 is 0 Å².